The van der Waals surface area contributed by atoms with Crippen LogP contribution in [0.2, 0.25) is 0 Å². The zero-order chi connectivity index (χ0) is 16.6. The molecule has 23 heavy (non-hydrogen) atoms. The van der Waals surface area contributed by atoms with Gasteiger partial charge in [-0.1, -0.05) is 6.92 Å². The molecule has 1 aliphatic carbocycles. The maximum atomic E-state index is 12.5. The number of nitrogens with zero attached hydrogens (tertiary/aromatic N) is 3. The van der Waals surface area contributed by atoms with E-state index < -0.39 is 5.54 Å². The molecule has 0 aromatic carbocycles. The molecular formula is C16H18N4O2S. The molecule has 0 radical (unpaired) electrons. The zero-order valence-corrected chi connectivity index (χ0v) is 13.9. The lowest BCUT2D eigenvalue weighted by molar-refractivity contribution is -0.123. The first-order valence-corrected chi connectivity index (χ1v) is 8.48. The molecule has 1 amide bonds. The van der Waals surface area contributed by atoms with Crippen LogP contribution in [0.5, 0.6) is 0 Å². The first kappa shape index (κ1) is 15.7. The minimum Gasteiger partial charge on any atom is -0.336 e. The Hall–Kier alpha value is -2.20. The highest BCUT2D eigenvalue weighted by atomic mass is 32.1. The summed E-state index contributed by atoms with van der Waals surface area (Å²) in [4.78, 5) is 30.7. The highest BCUT2D eigenvalue weighted by Gasteiger charge is 2.43. The van der Waals surface area contributed by atoms with Crippen molar-refractivity contribution in [1.29, 1.82) is 5.26 Å². The summed E-state index contributed by atoms with van der Waals surface area (Å²) in [5.74, 6) is -0.132. The minimum atomic E-state index is -0.851. The van der Waals surface area contributed by atoms with Crippen molar-refractivity contribution in [2.45, 2.75) is 45.2 Å². The van der Waals surface area contributed by atoms with Gasteiger partial charge in [-0.25, -0.2) is 4.98 Å². The van der Waals surface area contributed by atoms with Crippen LogP contribution in [0.1, 0.15) is 31.6 Å². The fourth-order valence-corrected chi connectivity index (χ4v) is 3.59. The van der Waals surface area contributed by atoms with Crippen LogP contribution < -0.4 is 10.9 Å². The van der Waals surface area contributed by atoms with E-state index in [9.17, 15) is 14.9 Å². The van der Waals surface area contributed by atoms with Gasteiger partial charge >= 0.3 is 0 Å². The number of aryl methyl sites for hydroxylation is 1. The monoisotopic (exact) mass is 330 g/mol. The van der Waals surface area contributed by atoms with E-state index in [1.54, 1.807) is 6.92 Å². The Kier molecular flexibility index (Phi) is 3.94. The Morgan fingerprint density at radius 1 is 1.61 bits per heavy atom. The number of amides is 1. The van der Waals surface area contributed by atoms with Gasteiger partial charge in [-0.15, -0.1) is 11.3 Å². The van der Waals surface area contributed by atoms with E-state index in [1.807, 2.05) is 13.0 Å². The number of thiophene rings is 1. The van der Waals surface area contributed by atoms with Crippen LogP contribution in [0.4, 0.5) is 0 Å². The molecule has 1 atom stereocenters. The first-order chi connectivity index (χ1) is 11.0. The van der Waals surface area contributed by atoms with E-state index in [0.717, 1.165) is 24.1 Å². The Morgan fingerprint density at radius 2 is 2.35 bits per heavy atom. The zero-order valence-electron chi connectivity index (χ0n) is 13.1. The Labute approximate surface area is 137 Å². The number of nitriles is 1. The summed E-state index contributed by atoms with van der Waals surface area (Å²) >= 11 is 1.50. The molecular weight excluding hydrogens is 312 g/mol. The largest absolute Gasteiger partial charge is 0.336 e. The number of carbonyl (C=O) groups excluding carboxylic acids is 1. The third-order valence-electron chi connectivity index (χ3n) is 4.26. The van der Waals surface area contributed by atoms with Gasteiger partial charge < -0.3 is 5.32 Å². The number of aromatic nitrogens is 2. The molecule has 0 unspecified atom stereocenters. The van der Waals surface area contributed by atoms with Crippen molar-refractivity contribution in [3.63, 3.8) is 0 Å². The fourth-order valence-electron chi connectivity index (χ4n) is 2.66. The van der Waals surface area contributed by atoms with Crippen LogP contribution in [-0.4, -0.2) is 21.0 Å². The van der Waals surface area contributed by atoms with E-state index in [4.69, 9.17) is 0 Å². The number of hydrogen-bond acceptors (Lipinski definition) is 5. The predicted octanol–water partition coefficient (Wildman–Crippen LogP) is 1.83. The van der Waals surface area contributed by atoms with Gasteiger partial charge in [-0.2, -0.15) is 5.26 Å². The smallest absolute Gasteiger partial charge is 0.262 e. The van der Waals surface area contributed by atoms with Crippen molar-refractivity contribution in [2.75, 3.05) is 0 Å². The van der Waals surface area contributed by atoms with Crippen molar-refractivity contribution in [1.82, 2.24) is 14.9 Å². The third kappa shape index (κ3) is 2.99. The maximum absolute atomic E-state index is 12.5. The molecule has 6 nitrogen and oxygen atoms in total. The molecule has 1 saturated carbocycles. The topological polar surface area (TPSA) is 87.8 Å². The average Bonchev–Trinajstić information content (AvgIpc) is 3.30. The van der Waals surface area contributed by atoms with Crippen molar-refractivity contribution >= 4 is 27.5 Å². The SMILES string of the molecule is CCc1cc2c(=O)n(CC(=O)N[C@](C)(C#N)C3CC3)cnc2s1. The van der Waals surface area contributed by atoms with E-state index in [0.29, 0.717) is 10.2 Å². The molecule has 0 bridgehead atoms. The van der Waals surface area contributed by atoms with E-state index in [1.165, 1.54) is 22.2 Å². The van der Waals surface area contributed by atoms with Gasteiger partial charge in [0.25, 0.3) is 5.56 Å². The molecule has 120 valence electrons. The molecule has 1 N–H and O–H groups in total. The average molecular weight is 330 g/mol. The number of nitrogens with one attached hydrogen (secondary N) is 1. The summed E-state index contributed by atoms with van der Waals surface area (Å²) in [5, 5.41) is 12.6. The van der Waals surface area contributed by atoms with Gasteiger partial charge in [0.15, 0.2) is 0 Å². The van der Waals surface area contributed by atoms with Crippen LogP contribution in [0.3, 0.4) is 0 Å². The molecule has 7 heteroatoms. The van der Waals surface area contributed by atoms with Crippen molar-refractivity contribution in [3.05, 3.63) is 27.6 Å². The minimum absolute atomic E-state index is 0.122. The van der Waals surface area contributed by atoms with Crippen LogP contribution in [-0.2, 0) is 17.8 Å². The molecule has 0 spiro atoms. The second kappa shape index (κ2) is 5.78. The molecule has 1 fully saturated rings. The second-order valence-corrected chi connectivity index (χ2v) is 7.21. The maximum Gasteiger partial charge on any atom is 0.262 e. The Bertz CT molecular complexity index is 859. The second-order valence-electron chi connectivity index (χ2n) is 6.10. The quantitative estimate of drug-likeness (QED) is 0.906. The molecule has 1 aliphatic rings. The fraction of sp³-hybridized carbons (Fsp3) is 0.500. The summed E-state index contributed by atoms with van der Waals surface area (Å²) in [5.41, 5.74) is -1.07. The van der Waals surface area contributed by atoms with Crippen LogP contribution in [0, 0.1) is 17.2 Å². The third-order valence-corrected chi connectivity index (χ3v) is 5.44. The molecule has 2 aromatic rings. The molecule has 3 rings (SSSR count). The van der Waals surface area contributed by atoms with Gasteiger partial charge in [0, 0.05) is 4.88 Å². The molecule has 2 aromatic heterocycles. The summed E-state index contributed by atoms with van der Waals surface area (Å²) in [7, 11) is 0. The van der Waals surface area contributed by atoms with Crippen LogP contribution in [0.15, 0.2) is 17.2 Å². The number of hydrogen-bond donors (Lipinski definition) is 1. The van der Waals surface area contributed by atoms with Gasteiger partial charge in [-0.05, 0) is 38.2 Å². The lowest BCUT2D eigenvalue weighted by Gasteiger charge is -2.22. The van der Waals surface area contributed by atoms with Gasteiger partial charge in [0.1, 0.15) is 16.9 Å². The van der Waals surface area contributed by atoms with Gasteiger partial charge in [0.2, 0.25) is 5.91 Å². The highest BCUT2D eigenvalue weighted by molar-refractivity contribution is 7.18. The van der Waals surface area contributed by atoms with E-state index in [-0.39, 0.29) is 23.9 Å². The van der Waals surface area contributed by atoms with Crippen molar-refractivity contribution in [3.8, 4) is 6.07 Å². The summed E-state index contributed by atoms with van der Waals surface area (Å²) in [6.45, 7) is 3.64. The highest BCUT2D eigenvalue weighted by Crippen LogP contribution is 2.39. The normalized spacial score (nSPS) is 16.7. The summed E-state index contributed by atoms with van der Waals surface area (Å²) in [6.07, 6.45) is 4.16. The van der Waals surface area contributed by atoms with Crippen LogP contribution in [0.25, 0.3) is 10.2 Å². The Balaban J connectivity index is 1.81. The predicted molar refractivity (Wildman–Crippen MR) is 88.1 cm³/mol. The van der Waals surface area contributed by atoms with Gasteiger partial charge in [0.05, 0.1) is 17.8 Å². The van der Waals surface area contributed by atoms with E-state index >= 15 is 0 Å². The standard InChI is InChI=1S/C16H18N4O2S/c1-3-11-6-12-14(23-11)18-9-20(15(12)22)7-13(21)19-16(2,8-17)10-4-5-10/h6,9-10H,3-5,7H2,1-2H3,(H,19,21)/t16-/m1/s1. The Morgan fingerprint density at radius 3 is 2.96 bits per heavy atom. The lowest BCUT2D eigenvalue weighted by Crippen LogP contribution is -2.48. The summed E-state index contributed by atoms with van der Waals surface area (Å²) < 4.78 is 1.30. The molecule has 0 saturated heterocycles. The van der Waals surface area contributed by atoms with Crippen LogP contribution >= 0.6 is 11.3 Å². The first-order valence-electron chi connectivity index (χ1n) is 7.67. The van der Waals surface area contributed by atoms with Gasteiger partial charge in [-0.3, -0.25) is 14.2 Å². The van der Waals surface area contributed by atoms with Crippen molar-refractivity contribution < 1.29 is 4.79 Å². The number of carbonyl (C=O) groups is 1. The molecule has 2 heterocycles. The van der Waals surface area contributed by atoms with E-state index in [2.05, 4.69) is 16.4 Å². The lowest BCUT2D eigenvalue weighted by atomic mass is 9.98. The number of fused-ring (bicyclic) bond motifs is 1. The van der Waals surface area contributed by atoms with Crippen molar-refractivity contribution in [2.24, 2.45) is 5.92 Å². The summed E-state index contributed by atoms with van der Waals surface area (Å²) in [6, 6.07) is 4.02. The molecule has 0 aliphatic heterocycles. The number of rotatable bonds is 5.